The number of rotatable bonds is 6. The number of carbonyl (C=O) groups excluding carboxylic acids is 4. The summed E-state index contributed by atoms with van der Waals surface area (Å²) >= 11 is 0. The maximum Gasteiger partial charge on any atom is 0.296 e. The number of anilines is 1. The summed E-state index contributed by atoms with van der Waals surface area (Å²) in [4.78, 5) is 55.1. The first-order valence-electron chi connectivity index (χ1n) is 12.9. The lowest BCUT2D eigenvalue weighted by molar-refractivity contribution is 0.0649. The molecule has 0 radical (unpaired) electrons. The Morgan fingerprint density at radius 3 is 1.68 bits per heavy atom. The lowest BCUT2D eigenvalue weighted by atomic mass is 9.85. The van der Waals surface area contributed by atoms with E-state index in [9.17, 15) is 40.6 Å². The number of nitrogens with zero attached hydrogens (tertiary/aromatic N) is 2. The van der Waals surface area contributed by atoms with E-state index in [0.29, 0.717) is 16.7 Å². The minimum Gasteiger partial charge on any atom is -0.285 e. The lowest BCUT2D eigenvalue weighted by Crippen LogP contribution is -2.42. The van der Waals surface area contributed by atoms with Crippen molar-refractivity contribution in [1.29, 1.82) is 0 Å². The summed E-state index contributed by atoms with van der Waals surface area (Å²) in [5.41, 5.74) is 1.17. The molecule has 4 aromatic carbocycles. The number of benzene rings is 4. The zero-order chi connectivity index (χ0) is 31.9. The van der Waals surface area contributed by atoms with Crippen LogP contribution in [0, 0.1) is 6.92 Å². The van der Waals surface area contributed by atoms with Crippen LogP contribution in [0.15, 0.2) is 65.6 Å². The van der Waals surface area contributed by atoms with E-state index in [1.165, 1.54) is 61.6 Å². The maximum absolute atomic E-state index is 13.9. The van der Waals surface area contributed by atoms with Crippen molar-refractivity contribution in [3.05, 3.63) is 94.0 Å². The highest BCUT2D eigenvalue weighted by molar-refractivity contribution is 7.86. The molecule has 0 saturated carbocycles. The molecule has 224 valence electrons. The first kappa shape index (κ1) is 29.3. The number of carbonyl (C=O) groups is 4. The fraction of sp³-hybridized carbons (Fsp3) is 0.133. The number of hydrogen-bond acceptors (Lipinski definition) is 9. The molecule has 2 aliphatic rings. The summed E-state index contributed by atoms with van der Waals surface area (Å²) in [5.74, 6) is -3.82. The van der Waals surface area contributed by atoms with Gasteiger partial charge in [-0.15, -0.1) is 0 Å². The first-order chi connectivity index (χ1) is 20.6. The van der Waals surface area contributed by atoms with Gasteiger partial charge >= 0.3 is 0 Å². The van der Waals surface area contributed by atoms with Gasteiger partial charge in [0.2, 0.25) is 0 Å². The Morgan fingerprint density at radius 2 is 1.18 bits per heavy atom. The molecule has 1 N–H and O–H groups in total. The van der Waals surface area contributed by atoms with Crippen LogP contribution in [0.3, 0.4) is 0 Å². The highest BCUT2D eigenvalue weighted by Gasteiger charge is 2.40. The largest absolute Gasteiger partial charge is 0.296 e. The Balaban J connectivity index is 1.53. The molecule has 6 rings (SSSR count). The molecule has 0 aliphatic carbocycles. The molecule has 0 spiro atoms. The van der Waals surface area contributed by atoms with E-state index in [2.05, 4.69) is 4.18 Å². The predicted octanol–water partition coefficient (Wildman–Crippen LogP) is 3.56. The molecule has 44 heavy (non-hydrogen) atoms. The standard InChI is InChI=1S/C30H22N2O10S2/c1-15-4-5-17(13-24(15)44(40,41)42-3)16-6-11-23(18(12-16)14-43(37,38)39)32-29(35)21-9-7-19-25-20(28(34)31(2)27(19)33)8-10-22(26(21)25)30(32)36/h4-13H,14H2,1-3H3,(H,37,38,39). The zero-order valence-corrected chi connectivity index (χ0v) is 24.9. The van der Waals surface area contributed by atoms with Gasteiger partial charge in [0, 0.05) is 40.1 Å². The molecule has 4 aromatic rings. The Morgan fingerprint density at radius 1 is 0.705 bits per heavy atom. The van der Waals surface area contributed by atoms with E-state index in [0.717, 1.165) is 16.9 Å². The average molecular weight is 635 g/mol. The fourth-order valence-electron chi connectivity index (χ4n) is 5.65. The van der Waals surface area contributed by atoms with Crippen LogP contribution in [0.1, 0.15) is 52.6 Å². The van der Waals surface area contributed by atoms with Gasteiger partial charge in [0.1, 0.15) is 5.75 Å². The van der Waals surface area contributed by atoms with Crippen molar-refractivity contribution in [3.8, 4) is 11.1 Å². The van der Waals surface area contributed by atoms with Gasteiger partial charge in [-0.2, -0.15) is 16.8 Å². The van der Waals surface area contributed by atoms with Crippen LogP contribution >= 0.6 is 0 Å². The van der Waals surface area contributed by atoms with Crippen LogP contribution in [-0.4, -0.2) is 64.1 Å². The van der Waals surface area contributed by atoms with Crippen molar-refractivity contribution < 1.29 is 44.7 Å². The minimum atomic E-state index is -4.68. The highest BCUT2D eigenvalue weighted by Crippen LogP contribution is 2.40. The first-order valence-corrected chi connectivity index (χ1v) is 16.0. The summed E-state index contributed by atoms with van der Waals surface area (Å²) < 4.78 is 63.4. The molecule has 0 unspecified atom stereocenters. The highest BCUT2D eigenvalue weighted by atomic mass is 32.2. The third-order valence-electron chi connectivity index (χ3n) is 7.77. The molecule has 14 heteroatoms. The second-order valence-corrected chi connectivity index (χ2v) is 13.5. The lowest BCUT2D eigenvalue weighted by Gasteiger charge is -2.31. The fourth-order valence-corrected chi connectivity index (χ4v) is 7.19. The molecule has 2 aliphatic heterocycles. The summed E-state index contributed by atoms with van der Waals surface area (Å²) in [6.07, 6.45) is 0. The van der Waals surface area contributed by atoms with E-state index in [1.807, 2.05) is 0 Å². The van der Waals surface area contributed by atoms with Gasteiger partial charge in [0.15, 0.2) is 0 Å². The van der Waals surface area contributed by atoms with E-state index in [1.54, 1.807) is 13.0 Å². The van der Waals surface area contributed by atoms with E-state index in [4.69, 9.17) is 0 Å². The summed E-state index contributed by atoms with van der Waals surface area (Å²) in [7, 11) is -6.41. The topological polar surface area (TPSA) is 172 Å². The van der Waals surface area contributed by atoms with Crippen molar-refractivity contribution in [2.45, 2.75) is 17.6 Å². The van der Waals surface area contributed by atoms with Crippen LogP contribution in [0.5, 0.6) is 0 Å². The van der Waals surface area contributed by atoms with Gasteiger partial charge in [-0.25, -0.2) is 4.90 Å². The smallest absolute Gasteiger partial charge is 0.285 e. The van der Waals surface area contributed by atoms with Crippen molar-refractivity contribution in [1.82, 2.24) is 4.90 Å². The predicted molar refractivity (Wildman–Crippen MR) is 158 cm³/mol. The monoisotopic (exact) mass is 634 g/mol. The van der Waals surface area contributed by atoms with Crippen molar-refractivity contribution in [2.75, 3.05) is 19.1 Å². The summed E-state index contributed by atoms with van der Waals surface area (Å²) in [6.45, 7) is 1.58. The van der Waals surface area contributed by atoms with Gasteiger partial charge in [-0.05, 0) is 71.6 Å². The zero-order valence-electron chi connectivity index (χ0n) is 23.3. The van der Waals surface area contributed by atoms with Crippen LogP contribution in [0.4, 0.5) is 5.69 Å². The van der Waals surface area contributed by atoms with Gasteiger partial charge in [-0.3, -0.25) is 32.8 Å². The molecule has 0 bridgehead atoms. The van der Waals surface area contributed by atoms with Crippen LogP contribution in [0.25, 0.3) is 21.9 Å². The molecule has 0 fully saturated rings. The Hall–Kier alpha value is -4.76. The number of imide groups is 2. The van der Waals surface area contributed by atoms with Crippen molar-refractivity contribution in [2.24, 2.45) is 0 Å². The third kappa shape index (κ3) is 4.42. The van der Waals surface area contributed by atoms with Gasteiger partial charge in [0.25, 0.3) is 43.9 Å². The molecule has 4 amide bonds. The van der Waals surface area contributed by atoms with Crippen molar-refractivity contribution in [3.63, 3.8) is 0 Å². The number of hydrogen-bond donors (Lipinski definition) is 1. The molecule has 0 saturated heterocycles. The minimum absolute atomic E-state index is 0.0141. The molecule has 12 nitrogen and oxygen atoms in total. The second kappa shape index (κ2) is 9.89. The SMILES string of the molecule is COS(=O)(=O)c1cc(-c2ccc(N3C(=O)c4ccc5c6c(ccc(c46)C3=O)C(=O)N(C)C5=O)c(CS(=O)(=O)O)c2)ccc1C. The Kier molecular flexibility index (Phi) is 6.59. The Bertz CT molecular complexity index is 2170. The Labute approximate surface area is 251 Å². The van der Waals surface area contributed by atoms with Gasteiger partial charge in [0.05, 0.1) is 17.7 Å². The second-order valence-electron chi connectivity index (χ2n) is 10.4. The number of amides is 4. The van der Waals surface area contributed by atoms with Crippen LogP contribution in [-0.2, 0) is 30.2 Å². The molecule has 0 aromatic heterocycles. The van der Waals surface area contributed by atoms with Gasteiger partial charge in [-0.1, -0.05) is 18.2 Å². The molecular formula is C30H22N2O10S2. The summed E-state index contributed by atoms with van der Waals surface area (Å²) in [6, 6.07) is 14.1. The van der Waals surface area contributed by atoms with Crippen LogP contribution < -0.4 is 4.90 Å². The third-order valence-corrected chi connectivity index (χ3v) is 9.86. The van der Waals surface area contributed by atoms with E-state index < -0.39 is 49.6 Å². The maximum atomic E-state index is 13.9. The van der Waals surface area contributed by atoms with Gasteiger partial charge < -0.3 is 0 Å². The molecular weight excluding hydrogens is 612 g/mol. The molecule has 2 heterocycles. The quantitative estimate of drug-likeness (QED) is 0.188. The van der Waals surface area contributed by atoms with Crippen molar-refractivity contribution >= 4 is 60.3 Å². The average Bonchev–Trinajstić information content (AvgIpc) is 2.97. The van der Waals surface area contributed by atoms with E-state index >= 15 is 0 Å². The normalized spacial score (nSPS) is 15.0. The van der Waals surface area contributed by atoms with E-state index in [-0.39, 0.29) is 49.2 Å². The summed E-state index contributed by atoms with van der Waals surface area (Å²) in [5, 5.41) is 0.324. The molecule has 0 atom stereocenters. The number of aryl methyl sites for hydroxylation is 1. The van der Waals surface area contributed by atoms with Crippen LogP contribution in [0.2, 0.25) is 0 Å².